The molecule has 0 saturated heterocycles. The Hall–Kier alpha value is -4.58. The summed E-state index contributed by atoms with van der Waals surface area (Å²) in [5.74, 6) is -0.225. The second-order valence-corrected chi connectivity index (χ2v) is 9.34. The number of nitriles is 1. The molecule has 2 heterocycles. The summed E-state index contributed by atoms with van der Waals surface area (Å²) in [6.07, 6.45) is 1.25. The fourth-order valence-corrected chi connectivity index (χ4v) is 4.23. The molecule has 15 heteroatoms. The highest BCUT2D eigenvalue weighted by Gasteiger charge is 2.49. The number of halogens is 4. The Morgan fingerprint density at radius 3 is 2.56 bits per heavy atom. The topological polar surface area (TPSA) is 128 Å². The zero-order valence-electron chi connectivity index (χ0n) is 20.1. The summed E-state index contributed by atoms with van der Waals surface area (Å²) in [4.78, 5) is 8.28. The fraction of sp³-hybridized carbons (Fsp3) is 0.208. The van der Waals surface area contributed by atoms with Crippen LogP contribution in [-0.2, 0) is 16.7 Å². The molecule has 0 bridgehead atoms. The molecule has 39 heavy (non-hydrogen) atoms. The molecule has 0 amide bonds. The molecule has 2 aromatic heterocycles. The summed E-state index contributed by atoms with van der Waals surface area (Å²) in [6, 6.07) is 14.0. The summed E-state index contributed by atoms with van der Waals surface area (Å²) < 4.78 is 89.6. The van der Waals surface area contributed by atoms with Gasteiger partial charge in [-0.05, 0) is 30.3 Å². The maximum Gasteiger partial charge on any atom is 0.534 e. The smallest absolute Gasteiger partial charge is 0.493 e. The van der Waals surface area contributed by atoms with E-state index in [-0.39, 0.29) is 5.75 Å². The van der Waals surface area contributed by atoms with E-state index in [9.17, 15) is 31.2 Å². The van der Waals surface area contributed by atoms with Crippen molar-refractivity contribution in [1.29, 1.82) is 5.26 Å². The SMILES string of the molecule is COc1cc(-c2cc(NCCn3c(C#N)cc4cccc(OCF)c43)ncn2)ccc1OS(=O)(=O)C(F)(F)F. The molecule has 0 fully saturated rings. The van der Waals surface area contributed by atoms with E-state index in [1.54, 1.807) is 34.9 Å². The van der Waals surface area contributed by atoms with Crippen molar-refractivity contribution in [1.82, 2.24) is 14.5 Å². The number of nitrogens with zero attached hydrogens (tertiary/aromatic N) is 4. The summed E-state index contributed by atoms with van der Waals surface area (Å²) in [5.41, 5.74) is -3.96. The van der Waals surface area contributed by atoms with Gasteiger partial charge >= 0.3 is 15.6 Å². The Morgan fingerprint density at radius 1 is 1.08 bits per heavy atom. The summed E-state index contributed by atoms with van der Waals surface area (Å²) in [5, 5.41) is 13.4. The van der Waals surface area contributed by atoms with Crippen LogP contribution < -0.4 is 19.0 Å². The van der Waals surface area contributed by atoms with Crippen LogP contribution in [0.5, 0.6) is 17.2 Å². The van der Waals surface area contributed by atoms with Crippen molar-refractivity contribution in [3.63, 3.8) is 0 Å². The fourth-order valence-electron chi connectivity index (χ4n) is 3.76. The number of hydrogen-bond donors (Lipinski definition) is 1. The lowest BCUT2D eigenvalue weighted by Gasteiger charge is -2.14. The first-order valence-corrected chi connectivity index (χ1v) is 12.4. The first-order valence-electron chi connectivity index (χ1n) is 11.0. The predicted octanol–water partition coefficient (Wildman–Crippen LogP) is 4.62. The molecule has 0 spiro atoms. The standard InChI is InChI=1S/C24H19F4N5O5S/c1-36-21-10-15(5-6-19(21)38-39(34,35)24(26,27)28)18-11-22(32-14-31-18)30-7-8-33-17(12-29)9-16-3-2-4-20(23(16)33)37-13-25/h2-6,9-11,14H,7-8,13H2,1H3,(H,30,31,32). The zero-order chi connectivity index (χ0) is 28.2. The Kier molecular flexibility index (Phi) is 7.77. The highest BCUT2D eigenvalue weighted by molar-refractivity contribution is 7.88. The second kappa shape index (κ2) is 11.0. The van der Waals surface area contributed by atoms with Crippen LogP contribution in [0, 0.1) is 11.3 Å². The molecule has 204 valence electrons. The van der Waals surface area contributed by atoms with Crippen molar-refractivity contribution in [2.75, 3.05) is 25.8 Å². The molecule has 10 nitrogen and oxygen atoms in total. The highest BCUT2D eigenvalue weighted by atomic mass is 32.2. The first-order chi connectivity index (χ1) is 18.6. The van der Waals surface area contributed by atoms with E-state index in [0.29, 0.717) is 52.5 Å². The van der Waals surface area contributed by atoms with Crippen LogP contribution in [0.4, 0.5) is 23.4 Å². The van der Waals surface area contributed by atoms with Crippen molar-refractivity contribution in [3.05, 3.63) is 60.6 Å². The number of rotatable bonds is 10. The molecule has 0 atom stereocenters. The molecule has 1 N–H and O–H groups in total. The largest absolute Gasteiger partial charge is 0.534 e. The molecule has 0 saturated carbocycles. The van der Waals surface area contributed by atoms with E-state index in [1.165, 1.54) is 18.5 Å². The van der Waals surface area contributed by atoms with E-state index in [2.05, 4.69) is 25.5 Å². The number of ether oxygens (including phenoxy) is 2. The molecule has 4 aromatic rings. The zero-order valence-corrected chi connectivity index (χ0v) is 20.9. The Bertz CT molecular complexity index is 1650. The number of para-hydroxylation sites is 1. The van der Waals surface area contributed by atoms with E-state index < -0.39 is 28.2 Å². The molecule has 0 aliphatic carbocycles. The minimum atomic E-state index is -5.89. The van der Waals surface area contributed by atoms with E-state index in [0.717, 1.165) is 13.2 Å². The first kappa shape index (κ1) is 27.5. The normalized spacial score (nSPS) is 11.7. The van der Waals surface area contributed by atoms with Gasteiger partial charge in [0.05, 0.1) is 18.3 Å². The van der Waals surface area contributed by atoms with Gasteiger partial charge in [0.15, 0.2) is 11.5 Å². The molecule has 0 radical (unpaired) electrons. The van der Waals surface area contributed by atoms with Gasteiger partial charge in [-0.15, -0.1) is 0 Å². The van der Waals surface area contributed by atoms with Crippen LogP contribution in [0.1, 0.15) is 5.69 Å². The molecule has 0 aliphatic rings. The van der Waals surface area contributed by atoms with Gasteiger partial charge in [-0.2, -0.15) is 26.9 Å². The molecule has 2 aromatic carbocycles. The molecule has 4 rings (SSSR count). The Labute approximate surface area is 219 Å². The van der Waals surface area contributed by atoms with E-state index >= 15 is 0 Å². The van der Waals surface area contributed by atoms with Gasteiger partial charge in [-0.25, -0.2) is 14.4 Å². The van der Waals surface area contributed by atoms with Crippen LogP contribution in [0.2, 0.25) is 0 Å². The third-order valence-corrected chi connectivity index (χ3v) is 6.42. The lowest BCUT2D eigenvalue weighted by atomic mass is 10.1. The van der Waals surface area contributed by atoms with Gasteiger partial charge in [-0.3, -0.25) is 0 Å². The maximum absolute atomic E-state index is 12.9. The van der Waals surface area contributed by atoms with Gasteiger partial charge < -0.3 is 23.5 Å². The Balaban J connectivity index is 1.53. The van der Waals surface area contributed by atoms with Crippen LogP contribution in [-0.4, -0.2) is 49.0 Å². The number of aromatic nitrogens is 3. The number of benzene rings is 2. The monoisotopic (exact) mass is 565 g/mol. The average molecular weight is 566 g/mol. The van der Waals surface area contributed by atoms with E-state index in [1.807, 2.05) is 0 Å². The maximum atomic E-state index is 12.9. The van der Waals surface area contributed by atoms with Crippen molar-refractivity contribution >= 4 is 26.8 Å². The van der Waals surface area contributed by atoms with Gasteiger partial charge in [0.2, 0.25) is 6.86 Å². The number of methoxy groups -OCH3 is 1. The number of anilines is 1. The number of fused-ring (bicyclic) bond motifs is 1. The van der Waals surface area contributed by atoms with Gasteiger partial charge in [0.1, 0.15) is 29.7 Å². The Morgan fingerprint density at radius 2 is 1.87 bits per heavy atom. The van der Waals surface area contributed by atoms with Crippen LogP contribution in [0.3, 0.4) is 0 Å². The summed E-state index contributed by atoms with van der Waals surface area (Å²) in [7, 11) is -4.74. The number of nitrogens with one attached hydrogen (secondary N) is 1. The highest BCUT2D eigenvalue weighted by Crippen LogP contribution is 2.36. The predicted molar refractivity (Wildman–Crippen MR) is 131 cm³/mol. The quantitative estimate of drug-likeness (QED) is 0.166. The third-order valence-electron chi connectivity index (χ3n) is 5.46. The lowest BCUT2D eigenvalue weighted by molar-refractivity contribution is -0.0500. The van der Waals surface area contributed by atoms with Crippen molar-refractivity contribution in [2.45, 2.75) is 12.1 Å². The second-order valence-electron chi connectivity index (χ2n) is 7.80. The van der Waals surface area contributed by atoms with Crippen LogP contribution >= 0.6 is 0 Å². The van der Waals surface area contributed by atoms with E-state index in [4.69, 9.17) is 9.47 Å². The third kappa shape index (κ3) is 5.80. The average Bonchev–Trinajstić information content (AvgIpc) is 3.27. The van der Waals surface area contributed by atoms with Crippen LogP contribution in [0.15, 0.2) is 54.9 Å². The lowest BCUT2D eigenvalue weighted by Crippen LogP contribution is -2.28. The van der Waals surface area contributed by atoms with Gasteiger partial charge in [0, 0.05) is 30.1 Å². The van der Waals surface area contributed by atoms with Crippen molar-refractivity contribution in [3.8, 4) is 34.6 Å². The minimum Gasteiger partial charge on any atom is -0.493 e. The van der Waals surface area contributed by atoms with Crippen LogP contribution in [0.25, 0.3) is 22.2 Å². The molecule has 0 aliphatic heterocycles. The van der Waals surface area contributed by atoms with Crippen molar-refractivity contribution in [2.24, 2.45) is 0 Å². The molecular formula is C24H19F4N5O5S. The van der Waals surface area contributed by atoms with Crippen molar-refractivity contribution < 1.29 is 39.6 Å². The number of alkyl halides is 4. The number of hydrogen-bond acceptors (Lipinski definition) is 9. The summed E-state index contributed by atoms with van der Waals surface area (Å²) in [6.45, 7) is -0.430. The summed E-state index contributed by atoms with van der Waals surface area (Å²) >= 11 is 0. The molecular weight excluding hydrogens is 546 g/mol. The van der Waals surface area contributed by atoms with Gasteiger partial charge in [-0.1, -0.05) is 12.1 Å². The minimum absolute atomic E-state index is 0.261. The molecule has 0 unspecified atom stereocenters. The van der Waals surface area contributed by atoms with Gasteiger partial charge in [0.25, 0.3) is 0 Å².